The van der Waals surface area contributed by atoms with Crippen molar-refractivity contribution in [1.82, 2.24) is 10.2 Å². The highest BCUT2D eigenvalue weighted by Gasteiger charge is 2.66. The van der Waals surface area contributed by atoms with Gasteiger partial charge in [0.15, 0.2) is 0 Å². The number of nitrogens with zero attached hydrogens (tertiary/aromatic N) is 1. The van der Waals surface area contributed by atoms with E-state index in [9.17, 15) is 19.5 Å². The molecule has 190 valence electrons. The average molecular weight is 484 g/mol. The van der Waals surface area contributed by atoms with Crippen molar-refractivity contribution in [2.75, 3.05) is 18.4 Å². The van der Waals surface area contributed by atoms with Gasteiger partial charge in [-0.15, -0.1) is 0 Å². The maximum absolute atomic E-state index is 13.4. The Morgan fingerprint density at radius 1 is 1.14 bits per heavy atom. The van der Waals surface area contributed by atoms with Crippen LogP contribution in [0.15, 0.2) is 18.2 Å². The van der Waals surface area contributed by atoms with Gasteiger partial charge in [-0.05, 0) is 82.4 Å². The Hall–Kier alpha value is -2.61. The van der Waals surface area contributed by atoms with Gasteiger partial charge in [-0.1, -0.05) is 12.1 Å². The van der Waals surface area contributed by atoms with Crippen LogP contribution < -0.4 is 10.6 Å². The van der Waals surface area contributed by atoms with Crippen LogP contribution in [-0.4, -0.2) is 52.6 Å². The first kappa shape index (κ1) is 24.1. The number of hydrogen-bond donors (Lipinski definition) is 3. The van der Waals surface area contributed by atoms with Gasteiger partial charge in [0.25, 0.3) is 0 Å². The minimum Gasteiger partial charge on any atom is -0.444 e. The van der Waals surface area contributed by atoms with Gasteiger partial charge in [-0.25, -0.2) is 4.79 Å². The largest absolute Gasteiger partial charge is 0.444 e. The van der Waals surface area contributed by atoms with Crippen molar-refractivity contribution in [1.29, 1.82) is 0 Å². The van der Waals surface area contributed by atoms with Gasteiger partial charge >= 0.3 is 6.09 Å². The highest BCUT2D eigenvalue weighted by Crippen LogP contribution is 2.59. The van der Waals surface area contributed by atoms with E-state index in [1.165, 1.54) is 0 Å². The number of aliphatic hydroxyl groups excluding tert-OH is 1. The lowest BCUT2D eigenvalue weighted by Crippen LogP contribution is -2.55. The third-order valence-electron chi connectivity index (χ3n) is 8.44. The van der Waals surface area contributed by atoms with E-state index in [1.807, 2.05) is 45.9 Å². The van der Waals surface area contributed by atoms with Gasteiger partial charge in [0, 0.05) is 36.2 Å². The Kier molecular flexibility index (Phi) is 5.86. The highest BCUT2D eigenvalue weighted by atomic mass is 16.6. The summed E-state index contributed by atoms with van der Waals surface area (Å²) in [6.07, 6.45) is 3.49. The number of hydrogen-bond acceptors (Lipinski definition) is 5. The van der Waals surface area contributed by atoms with Crippen molar-refractivity contribution in [2.45, 2.75) is 71.6 Å². The molecule has 8 nitrogen and oxygen atoms in total. The molecule has 3 saturated carbocycles. The number of rotatable bonds is 5. The summed E-state index contributed by atoms with van der Waals surface area (Å²) < 4.78 is 5.44. The second-order valence-electron chi connectivity index (χ2n) is 12.1. The third kappa shape index (κ3) is 4.53. The smallest absolute Gasteiger partial charge is 0.410 e. The summed E-state index contributed by atoms with van der Waals surface area (Å²) in [5.41, 5.74) is 1.75. The second-order valence-corrected chi connectivity index (χ2v) is 12.1. The number of carbonyl (C=O) groups is 3. The van der Waals surface area contributed by atoms with Crippen LogP contribution in [0, 0.1) is 36.0 Å². The summed E-state index contributed by atoms with van der Waals surface area (Å²) in [7, 11) is 0. The maximum atomic E-state index is 13.4. The van der Waals surface area contributed by atoms with Crippen LogP contribution in [0.4, 0.5) is 10.5 Å². The van der Waals surface area contributed by atoms with Gasteiger partial charge in [-0.2, -0.15) is 0 Å². The molecule has 5 rings (SSSR count). The van der Waals surface area contributed by atoms with E-state index in [4.69, 9.17) is 4.74 Å². The minimum atomic E-state index is -0.532. The van der Waals surface area contributed by atoms with Crippen LogP contribution in [0.1, 0.15) is 57.6 Å². The Bertz CT molecular complexity index is 1040. The standard InChI is InChI=1S/C27H37N3O5/c1-15-5-6-16(12-31)9-20(15)28-24(33)21-17-7-8-18(10-17)22(21)29-23(32)19-11-27(19)13-30(14-27)25(34)35-26(2,3)4/h5-6,9,17-19,21-22,31H,7-8,10-14H2,1-4H3,(H,28,33)(H,29,32)/t17-,18+,19?,21+,22-/m1/s1. The number of nitrogens with one attached hydrogen (secondary N) is 2. The Morgan fingerprint density at radius 2 is 1.86 bits per heavy atom. The first-order valence-corrected chi connectivity index (χ1v) is 12.8. The van der Waals surface area contributed by atoms with Crippen molar-refractivity contribution < 1.29 is 24.2 Å². The lowest BCUT2D eigenvalue weighted by molar-refractivity contribution is -0.127. The van der Waals surface area contributed by atoms with Gasteiger partial charge in [0.1, 0.15) is 5.60 Å². The van der Waals surface area contributed by atoms with Crippen LogP contribution in [0.5, 0.6) is 0 Å². The fourth-order valence-electron chi connectivity index (χ4n) is 6.50. The molecule has 1 heterocycles. The molecule has 1 aliphatic heterocycles. The number of carbonyl (C=O) groups excluding carboxylic acids is 3. The molecule has 4 aliphatic rings. The van der Waals surface area contributed by atoms with Crippen molar-refractivity contribution in [3.63, 3.8) is 0 Å². The molecule has 35 heavy (non-hydrogen) atoms. The molecule has 5 atom stereocenters. The minimum absolute atomic E-state index is 0.0163. The molecular weight excluding hydrogens is 446 g/mol. The molecule has 0 radical (unpaired) electrons. The highest BCUT2D eigenvalue weighted by molar-refractivity contribution is 5.95. The summed E-state index contributed by atoms with van der Waals surface area (Å²) in [6, 6.07) is 5.41. The number of aryl methyl sites for hydroxylation is 1. The molecule has 8 heteroatoms. The lowest BCUT2D eigenvalue weighted by atomic mass is 9.83. The topological polar surface area (TPSA) is 108 Å². The molecule has 1 aromatic carbocycles. The van der Waals surface area contributed by atoms with E-state index >= 15 is 0 Å². The van der Waals surface area contributed by atoms with Crippen molar-refractivity contribution >= 4 is 23.6 Å². The number of likely N-dealkylation sites (tertiary alicyclic amines) is 1. The van der Waals surface area contributed by atoms with E-state index < -0.39 is 5.60 Å². The summed E-state index contributed by atoms with van der Waals surface area (Å²) in [5, 5.41) is 15.8. The number of benzene rings is 1. The van der Waals surface area contributed by atoms with Gasteiger partial charge in [0.2, 0.25) is 11.8 Å². The zero-order chi connectivity index (χ0) is 25.1. The summed E-state index contributed by atoms with van der Waals surface area (Å²) in [6.45, 7) is 8.51. The molecule has 0 aromatic heterocycles. The first-order valence-electron chi connectivity index (χ1n) is 12.8. The summed E-state index contributed by atoms with van der Waals surface area (Å²) >= 11 is 0. The molecule has 3 amide bonds. The number of amides is 3. The Balaban J connectivity index is 1.20. The zero-order valence-electron chi connectivity index (χ0n) is 21.1. The normalized spacial score (nSPS) is 30.1. The average Bonchev–Trinajstić information content (AvgIpc) is 3.20. The molecular formula is C27H37N3O5. The van der Waals surface area contributed by atoms with E-state index in [2.05, 4.69) is 10.6 Å². The van der Waals surface area contributed by atoms with Crippen LogP contribution in [0.2, 0.25) is 0 Å². The molecule has 3 aliphatic carbocycles. The van der Waals surface area contributed by atoms with Crippen molar-refractivity contribution in [2.24, 2.45) is 29.1 Å². The van der Waals surface area contributed by atoms with Gasteiger partial charge in [0.05, 0.1) is 12.5 Å². The van der Waals surface area contributed by atoms with Crippen molar-refractivity contribution in [3.05, 3.63) is 29.3 Å². The fraction of sp³-hybridized carbons (Fsp3) is 0.667. The lowest BCUT2D eigenvalue weighted by Gasteiger charge is -2.41. The summed E-state index contributed by atoms with van der Waals surface area (Å²) in [4.78, 5) is 40.5. The predicted molar refractivity (Wildman–Crippen MR) is 130 cm³/mol. The molecule has 3 N–H and O–H groups in total. The van der Waals surface area contributed by atoms with Crippen LogP contribution in [0.25, 0.3) is 0 Å². The number of anilines is 1. The monoisotopic (exact) mass is 483 g/mol. The molecule has 1 aromatic rings. The van der Waals surface area contributed by atoms with Crippen LogP contribution >= 0.6 is 0 Å². The van der Waals surface area contributed by atoms with Gasteiger partial charge in [-0.3, -0.25) is 9.59 Å². The van der Waals surface area contributed by atoms with Crippen molar-refractivity contribution in [3.8, 4) is 0 Å². The third-order valence-corrected chi connectivity index (χ3v) is 8.44. The quantitative estimate of drug-likeness (QED) is 0.596. The van der Waals surface area contributed by atoms with Crippen LogP contribution in [-0.2, 0) is 20.9 Å². The second kappa shape index (κ2) is 8.50. The van der Waals surface area contributed by atoms with Crippen LogP contribution in [0.3, 0.4) is 0 Å². The molecule has 1 spiro atoms. The SMILES string of the molecule is Cc1ccc(CO)cc1NC(=O)[C@H]1[C@@H]2CC[C@@H](C2)[C@H]1NC(=O)C1CC12CN(C(=O)OC(C)(C)C)C2. The van der Waals surface area contributed by atoms with E-state index in [-0.39, 0.29) is 53.7 Å². The number of ether oxygens (including phenoxy) is 1. The Morgan fingerprint density at radius 3 is 2.54 bits per heavy atom. The predicted octanol–water partition coefficient (Wildman–Crippen LogP) is 3.21. The fourth-order valence-corrected chi connectivity index (χ4v) is 6.50. The maximum Gasteiger partial charge on any atom is 0.410 e. The first-order chi connectivity index (χ1) is 16.5. The van der Waals surface area contributed by atoms with E-state index in [0.717, 1.165) is 36.8 Å². The zero-order valence-corrected chi connectivity index (χ0v) is 21.1. The molecule has 2 bridgehead atoms. The summed E-state index contributed by atoms with van der Waals surface area (Å²) in [5.74, 6) is 0.232. The molecule has 1 saturated heterocycles. The number of aliphatic hydroxyl groups is 1. The molecule has 4 fully saturated rings. The number of fused-ring (bicyclic) bond motifs is 2. The molecule has 1 unspecified atom stereocenters. The van der Waals surface area contributed by atoms with Gasteiger partial charge < -0.3 is 25.4 Å². The van der Waals surface area contributed by atoms with E-state index in [1.54, 1.807) is 4.90 Å². The van der Waals surface area contributed by atoms with E-state index in [0.29, 0.717) is 24.7 Å². The Labute approximate surface area is 206 Å².